The summed E-state index contributed by atoms with van der Waals surface area (Å²) >= 11 is 0. The minimum absolute atomic E-state index is 0.157. The molecule has 2 aromatic rings. The maximum absolute atomic E-state index is 6.11. The first kappa shape index (κ1) is 11.7. The number of benzene rings is 1. The fourth-order valence-electron chi connectivity index (χ4n) is 1.66. The van der Waals surface area contributed by atoms with Crippen LogP contribution in [0, 0.1) is 0 Å². The summed E-state index contributed by atoms with van der Waals surface area (Å²) in [4.78, 5) is 7.18. The maximum Gasteiger partial charge on any atom is 0.127 e. The zero-order valence-corrected chi connectivity index (χ0v) is 10.1. The average molecular weight is 231 g/mol. The van der Waals surface area contributed by atoms with Gasteiger partial charge in [-0.15, -0.1) is 0 Å². The van der Waals surface area contributed by atoms with E-state index in [0.29, 0.717) is 0 Å². The molecule has 0 aliphatic rings. The molecule has 2 rings (SSSR count). The summed E-state index contributed by atoms with van der Waals surface area (Å²) in [7, 11) is 0. The molecule has 4 heteroatoms. The first-order valence-electron chi connectivity index (χ1n) is 5.68. The first-order chi connectivity index (χ1) is 8.16. The Labute approximate surface area is 101 Å². The normalized spacial score (nSPS) is 12.7. The Kier molecular flexibility index (Phi) is 3.44. The Morgan fingerprint density at radius 1 is 1.35 bits per heavy atom. The molecule has 90 valence electrons. The van der Waals surface area contributed by atoms with Gasteiger partial charge in [0.05, 0.1) is 12.1 Å². The van der Waals surface area contributed by atoms with Gasteiger partial charge in [0.2, 0.25) is 0 Å². The van der Waals surface area contributed by atoms with E-state index in [2.05, 4.69) is 9.97 Å². The van der Waals surface area contributed by atoms with Crippen molar-refractivity contribution in [2.75, 3.05) is 0 Å². The number of nitrogens with one attached hydrogen (secondary N) is 1. The number of nitrogens with zero attached hydrogens (tertiary/aromatic N) is 1. The van der Waals surface area contributed by atoms with Crippen molar-refractivity contribution in [2.45, 2.75) is 26.0 Å². The summed E-state index contributed by atoms with van der Waals surface area (Å²) in [5.41, 5.74) is 7.10. The van der Waals surface area contributed by atoms with E-state index >= 15 is 0 Å². The third-order valence-electron chi connectivity index (χ3n) is 2.40. The van der Waals surface area contributed by atoms with Gasteiger partial charge in [0, 0.05) is 12.4 Å². The van der Waals surface area contributed by atoms with Crippen molar-refractivity contribution in [2.24, 2.45) is 5.73 Å². The van der Waals surface area contributed by atoms with Gasteiger partial charge in [0.15, 0.2) is 0 Å². The van der Waals surface area contributed by atoms with E-state index in [-0.39, 0.29) is 12.1 Å². The molecular weight excluding hydrogens is 214 g/mol. The molecule has 3 N–H and O–H groups in total. The highest BCUT2D eigenvalue weighted by atomic mass is 16.5. The molecule has 0 radical (unpaired) electrons. The third kappa shape index (κ3) is 2.85. The van der Waals surface area contributed by atoms with Crippen molar-refractivity contribution >= 4 is 0 Å². The molecule has 1 unspecified atom stereocenters. The Morgan fingerprint density at radius 2 is 2.18 bits per heavy atom. The topological polar surface area (TPSA) is 63.9 Å². The molecule has 17 heavy (non-hydrogen) atoms. The lowest BCUT2D eigenvalue weighted by atomic mass is 10.1. The summed E-state index contributed by atoms with van der Waals surface area (Å²) in [6.07, 6.45) is 3.62. The van der Waals surface area contributed by atoms with Crippen molar-refractivity contribution in [1.29, 1.82) is 0 Å². The third-order valence-corrected chi connectivity index (χ3v) is 2.40. The molecule has 4 nitrogen and oxygen atoms in total. The number of hydrogen-bond donors (Lipinski definition) is 2. The lowest BCUT2D eigenvalue weighted by Gasteiger charge is -2.13. The van der Waals surface area contributed by atoms with Crippen LogP contribution in [0.3, 0.4) is 0 Å². The Balaban J connectivity index is 2.21. The highest BCUT2D eigenvalue weighted by molar-refractivity contribution is 5.33. The van der Waals surface area contributed by atoms with Gasteiger partial charge in [-0.25, -0.2) is 4.98 Å². The van der Waals surface area contributed by atoms with E-state index in [1.807, 2.05) is 38.1 Å². The SMILES string of the molecule is CC(C)Oc1cccc(C(N)c2ncc[nH]2)c1. The number of ether oxygens (including phenoxy) is 1. The van der Waals surface area contributed by atoms with Crippen molar-refractivity contribution in [1.82, 2.24) is 9.97 Å². The van der Waals surface area contributed by atoms with Gasteiger partial charge in [-0.2, -0.15) is 0 Å². The largest absolute Gasteiger partial charge is 0.491 e. The summed E-state index contributed by atoms with van der Waals surface area (Å²) in [5, 5.41) is 0. The van der Waals surface area contributed by atoms with Crippen LogP contribution in [0.25, 0.3) is 0 Å². The second kappa shape index (κ2) is 5.01. The Hall–Kier alpha value is -1.81. The van der Waals surface area contributed by atoms with E-state index < -0.39 is 0 Å². The molecule has 0 amide bonds. The Bertz CT molecular complexity index is 465. The molecule has 0 aliphatic carbocycles. The van der Waals surface area contributed by atoms with Gasteiger partial charge < -0.3 is 15.5 Å². The van der Waals surface area contributed by atoms with Crippen molar-refractivity contribution in [3.63, 3.8) is 0 Å². The number of rotatable bonds is 4. The molecule has 1 aromatic carbocycles. The molecule has 1 atom stereocenters. The van der Waals surface area contributed by atoms with Gasteiger partial charge in [0.25, 0.3) is 0 Å². The van der Waals surface area contributed by atoms with Crippen LogP contribution in [0.2, 0.25) is 0 Å². The number of nitrogens with two attached hydrogens (primary N) is 1. The molecular formula is C13H17N3O. The summed E-state index contributed by atoms with van der Waals surface area (Å²) in [6, 6.07) is 7.54. The quantitative estimate of drug-likeness (QED) is 0.848. The molecule has 0 spiro atoms. The zero-order valence-electron chi connectivity index (χ0n) is 10.1. The van der Waals surface area contributed by atoms with Crippen LogP contribution in [0.5, 0.6) is 5.75 Å². The number of aromatic amines is 1. The number of aromatic nitrogens is 2. The minimum atomic E-state index is -0.249. The van der Waals surface area contributed by atoms with Gasteiger partial charge in [-0.1, -0.05) is 12.1 Å². The second-order valence-corrected chi connectivity index (χ2v) is 4.19. The van der Waals surface area contributed by atoms with Crippen molar-refractivity contribution in [3.8, 4) is 5.75 Å². The van der Waals surface area contributed by atoms with Crippen LogP contribution in [-0.2, 0) is 0 Å². The molecule has 1 heterocycles. The molecule has 0 saturated heterocycles. The summed E-state index contributed by atoms with van der Waals surface area (Å²) < 4.78 is 5.64. The smallest absolute Gasteiger partial charge is 0.127 e. The summed E-state index contributed by atoms with van der Waals surface area (Å²) in [6.45, 7) is 4.00. The second-order valence-electron chi connectivity index (χ2n) is 4.19. The van der Waals surface area contributed by atoms with Gasteiger partial charge in [0.1, 0.15) is 11.6 Å². The standard InChI is InChI=1S/C13H17N3O/c1-9(2)17-11-5-3-4-10(8-11)12(14)13-15-6-7-16-13/h3-9,12H,14H2,1-2H3,(H,15,16). The highest BCUT2D eigenvalue weighted by Crippen LogP contribution is 2.21. The Morgan fingerprint density at radius 3 is 2.82 bits per heavy atom. The van der Waals surface area contributed by atoms with Crippen LogP contribution >= 0.6 is 0 Å². The average Bonchev–Trinajstić information content (AvgIpc) is 2.81. The van der Waals surface area contributed by atoms with Gasteiger partial charge in [-0.3, -0.25) is 0 Å². The number of imidazole rings is 1. The fourth-order valence-corrected chi connectivity index (χ4v) is 1.66. The van der Waals surface area contributed by atoms with Crippen molar-refractivity contribution in [3.05, 3.63) is 48.0 Å². The number of H-pyrrole nitrogens is 1. The molecule has 0 bridgehead atoms. The number of hydrogen-bond acceptors (Lipinski definition) is 3. The van der Waals surface area contributed by atoms with Crippen LogP contribution in [-0.4, -0.2) is 16.1 Å². The maximum atomic E-state index is 6.11. The predicted octanol–water partition coefficient (Wildman–Crippen LogP) is 2.25. The van der Waals surface area contributed by atoms with E-state index in [9.17, 15) is 0 Å². The zero-order chi connectivity index (χ0) is 12.3. The molecule has 0 fully saturated rings. The lowest BCUT2D eigenvalue weighted by Crippen LogP contribution is -2.14. The molecule has 1 aromatic heterocycles. The van der Waals surface area contributed by atoms with Gasteiger partial charge in [-0.05, 0) is 31.5 Å². The molecule has 0 saturated carbocycles. The highest BCUT2D eigenvalue weighted by Gasteiger charge is 2.11. The molecule has 0 aliphatic heterocycles. The minimum Gasteiger partial charge on any atom is -0.491 e. The fraction of sp³-hybridized carbons (Fsp3) is 0.308. The van der Waals surface area contributed by atoms with Crippen LogP contribution < -0.4 is 10.5 Å². The monoisotopic (exact) mass is 231 g/mol. The predicted molar refractivity (Wildman–Crippen MR) is 66.8 cm³/mol. The van der Waals surface area contributed by atoms with Gasteiger partial charge >= 0.3 is 0 Å². The van der Waals surface area contributed by atoms with E-state index in [0.717, 1.165) is 17.1 Å². The van der Waals surface area contributed by atoms with Crippen LogP contribution in [0.1, 0.15) is 31.3 Å². The van der Waals surface area contributed by atoms with Crippen molar-refractivity contribution < 1.29 is 4.74 Å². The van der Waals surface area contributed by atoms with E-state index in [1.165, 1.54) is 0 Å². The van der Waals surface area contributed by atoms with Crippen LogP contribution in [0.15, 0.2) is 36.7 Å². The van der Waals surface area contributed by atoms with E-state index in [4.69, 9.17) is 10.5 Å². The lowest BCUT2D eigenvalue weighted by molar-refractivity contribution is 0.242. The first-order valence-corrected chi connectivity index (χ1v) is 5.68. The van der Waals surface area contributed by atoms with E-state index in [1.54, 1.807) is 12.4 Å². The summed E-state index contributed by atoms with van der Waals surface area (Å²) in [5.74, 6) is 1.59. The van der Waals surface area contributed by atoms with Crippen LogP contribution in [0.4, 0.5) is 0 Å².